The monoisotopic (exact) mass is 358 g/mol. The Morgan fingerprint density at radius 1 is 1.42 bits per heavy atom. The number of hydrogen-bond donors (Lipinski definition) is 0. The van der Waals surface area contributed by atoms with E-state index in [2.05, 4.69) is 21.5 Å². The van der Waals surface area contributed by atoms with Crippen LogP contribution in [-0.2, 0) is 13.5 Å². The Kier molecular flexibility index (Phi) is 5.51. The first-order valence-corrected chi connectivity index (χ1v) is 9.43. The fraction of sp³-hybridized carbons (Fsp3) is 0.600. The number of hydrogen-bond acceptors (Lipinski definition) is 4. The molecule has 26 heavy (non-hydrogen) atoms. The lowest BCUT2D eigenvalue weighted by atomic mass is 9.87. The van der Waals surface area contributed by atoms with Gasteiger partial charge in [-0.3, -0.25) is 9.69 Å². The smallest absolute Gasteiger partial charge is 0.289 e. The number of aromatic nitrogens is 2. The SMILES string of the molecule is CCc1oc(C(=O)N(C)C[C@@H]2CCCN(C)[C@H]2c2cncn2C)cc1C. The van der Waals surface area contributed by atoms with Gasteiger partial charge in [0.2, 0.25) is 0 Å². The van der Waals surface area contributed by atoms with E-state index in [0.717, 1.165) is 37.1 Å². The fourth-order valence-electron chi connectivity index (χ4n) is 4.17. The highest BCUT2D eigenvalue weighted by Crippen LogP contribution is 2.35. The van der Waals surface area contributed by atoms with Crippen molar-refractivity contribution in [1.82, 2.24) is 19.4 Å². The summed E-state index contributed by atoms with van der Waals surface area (Å²) in [7, 11) is 6.07. The maximum absolute atomic E-state index is 12.8. The summed E-state index contributed by atoms with van der Waals surface area (Å²) in [6.45, 7) is 5.81. The molecule has 0 N–H and O–H groups in total. The maximum atomic E-state index is 12.8. The van der Waals surface area contributed by atoms with Crippen LogP contribution in [-0.4, -0.2) is 52.4 Å². The first-order chi connectivity index (χ1) is 12.4. The fourth-order valence-corrected chi connectivity index (χ4v) is 4.17. The standard InChI is InChI=1S/C20H30N4O2/c1-6-17-14(2)10-18(26-17)20(25)23(4)12-15-8-7-9-22(3)19(15)16-11-21-13-24(16)5/h10-11,13,15,19H,6-9,12H2,1-5H3/t15-,19+/m0/s1. The third kappa shape index (κ3) is 3.56. The average molecular weight is 358 g/mol. The van der Waals surface area contributed by atoms with Crippen molar-refractivity contribution in [1.29, 1.82) is 0 Å². The molecule has 0 radical (unpaired) electrons. The van der Waals surface area contributed by atoms with Crippen LogP contribution >= 0.6 is 0 Å². The first kappa shape index (κ1) is 18.7. The van der Waals surface area contributed by atoms with E-state index in [9.17, 15) is 4.79 Å². The summed E-state index contributed by atoms with van der Waals surface area (Å²) in [4.78, 5) is 21.3. The highest BCUT2D eigenvalue weighted by Gasteiger charge is 2.34. The van der Waals surface area contributed by atoms with Gasteiger partial charge in [0.05, 0.1) is 18.1 Å². The number of amides is 1. The molecule has 1 aliphatic rings. The lowest BCUT2D eigenvalue weighted by Gasteiger charge is -2.40. The topological polar surface area (TPSA) is 54.5 Å². The van der Waals surface area contributed by atoms with Crippen LogP contribution in [0.25, 0.3) is 0 Å². The summed E-state index contributed by atoms with van der Waals surface area (Å²) in [5, 5.41) is 0. The highest BCUT2D eigenvalue weighted by atomic mass is 16.4. The van der Waals surface area contributed by atoms with Gasteiger partial charge < -0.3 is 13.9 Å². The highest BCUT2D eigenvalue weighted by molar-refractivity contribution is 5.91. The number of imidazole rings is 1. The van der Waals surface area contributed by atoms with Crippen LogP contribution in [0.2, 0.25) is 0 Å². The second-order valence-corrected chi connectivity index (χ2v) is 7.51. The van der Waals surface area contributed by atoms with Gasteiger partial charge in [0.15, 0.2) is 5.76 Å². The molecule has 0 aromatic carbocycles. The van der Waals surface area contributed by atoms with Crippen molar-refractivity contribution < 1.29 is 9.21 Å². The number of piperidine rings is 1. The molecule has 0 aliphatic carbocycles. The van der Waals surface area contributed by atoms with Gasteiger partial charge in [-0.2, -0.15) is 0 Å². The minimum absolute atomic E-state index is 0.0372. The van der Waals surface area contributed by atoms with Crippen LogP contribution in [0, 0.1) is 12.8 Å². The van der Waals surface area contributed by atoms with Crippen molar-refractivity contribution in [2.75, 3.05) is 27.2 Å². The molecule has 1 aliphatic heterocycles. The van der Waals surface area contributed by atoms with Crippen LogP contribution in [0.5, 0.6) is 0 Å². The molecule has 0 spiro atoms. The summed E-state index contributed by atoms with van der Waals surface area (Å²) in [6.07, 6.45) is 6.86. The van der Waals surface area contributed by atoms with Crippen LogP contribution in [0.15, 0.2) is 23.0 Å². The summed E-state index contributed by atoms with van der Waals surface area (Å²) < 4.78 is 7.85. The Morgan fingerprint density at radius 3 is 2.81 bits per heavy atom. The Morgan fingerprint density at radius 2 is 2.19 bits per heavy atom. The van der Waals surface area contributed by atoms with Crippen LogP contribution in [0.4, 0.5) is 0 Å². The molecular weight excluding hydrogens is 328 g/mol. The molecule has 6 heteroatoms. The number of carbonyl (C=O) groups is 1. The maximum Gasteiger partial charge on any atom is 0.289 e. The number of rotatable bonds is 5. The van der Waals surface area contributed by atoms with Gasteiger partial charge in [-0.1, -0.05) is 6.92 Å². The van der Waals surface area contributed by atoms with Crippen molar-refractivity contribution >= 4 is 5.91 Å². The summed E-state index contributed by atoms with van der Waals surface area (Å²) in [5.41, 5.74) is 2.26. The predicted molar refractivity (Wildman–Crippen MR) is 101 cm³/mol. The van der Waals surface area contributed by atoms with Crippen molar-refractivity contribution in [3.63, 3.8) is 0 Å². The second-order valence-electron chi connectivity index (χ2n) is 7.51. The molecule has 1 fully saturated rings. The van der Waals surface area contributed by atoms with Gasteiger partial charge in [0.1, 0.15) is 5.76 Å². The van der Waals surface area contributed by atoms with Gasteiger partial charge in [0.25, 0.3) is 5.91 Å². The molecular formula is C20H30N4O2. The quantitative estimate of drug-likeness (QED) is 0.824. The lowest BCUT2D eigenvalue weighted by molar-refractivity contribution is 0.0606. The number of nitrogens with zero attached hydrogens (tertiary/aromatic N) is 4. The van der Waals surface area contributed by atoms with Crippen molar-refractivity contribution in [3.05, 3.63) is 41.4 Å². The molecule has 0 saturated carbocycles. The minimum Gasteiger partial charge on any atom is -0.456 e. The van der Waals surface area contributed by atoms with E-state index in [1.165, 1.54) is 5.69 Å². The molecule has 0 bridgehead atoms. The largest absolute Gasteiger partial charge is 0.456 e. The Hall–Kier alpha value is -2.08. The first-order valence-electron chi connectivity index (χ1n) is 9.43. The van der Waals surface area contributed by atoms with Crippen LogP contribution in [0.1, 0.15) is 53.4 Å². The zero-order chi connectivity index (χ0) is 18.8. The zero-order valence-electron chi connectivity index (χ0n) is 16.5. The van der Waals surface area contributed by atoms with E-state index in [1.807, 2.05) is 51.4 Å². The third-order valence-corrected chi connectivity index (χ3v) is 5.57. The zero-order valence-corrected chi connectivity index (χ0v) is 16.5. The van der Waals surface area contributed by atoms with Gasteiger partial charge >= 0.3 is 0 Å². The molecule has 3 rings (SSSR count). The predicted octanol–water partition coefficient (Wildman–Crippen LogP) is 3.04. The van der Waals surface area contributed by atoms with Crippen molar-refractivity contribution in [2.24, 2.45) is 13.0 Å². The van der Waals surface area contributed by atoms with Crippen molar-refractivity contribution in [2.45, 2.75) is 39.2 Å². The van der Waals surface area contributed by atoms with Gasteiger partial charge in [-0.25, -0.2) is 4.98 Å². The summed E-state index contributed by atoms with van der Waals surface area (Å²) >= 11 is 0. The summed E-state index contributed by atoms with van der Waals surface area (Å²) in [5.74, 6) is 1.68. The molecule has 2 atom stereocenters. The molecule has 142 valence electrons. The molecule has 2 aromatic heterocycles. The molecule has 2 aromatic rings. The number of carbonyl (C=O) groups excluding carboxylic acids is 1. The molecule has 1 saturated heterocycles. The number of aryl methyl sites for hydroxylation is 3. The Bertz CT molecular complexity index is 764. The normalized spacial score (nSPS) is 21.1. The Labute approximate surface area is 155 Å². The lowest BCUT2D eigenvalue weighted by Crippen LogP contribution is -2.43. The van der Waals surface area contributed by atoms with E-state index < -0.39 is 0 Å². The Balaban J connectivity index is 1.76. The second kappa shape index (κ2) is 7.66. The average Bonchev–Trinajstić information content (AvgIpc) is 3.20. The van der Waals surface area contributed by atoms with E-state index in [0.29, 0.717) is 18.2 Å². The third-order valence-electron chi connectivity index (χ3n) is 5.57. The summed E-state index contributed by atoms with van der Waals surface area (Å²) in [6, 6.07) is 2.14. The molecule has 0 unspecified atom stereocenters. The molecule has 6 nitrogen and oxygen atoms in total. The van der Waals surface area contributed by atoms with Gasteiger partial charge in [-0.15, -0.1) is 0 Å². The van der Waals surface area contributed by atoms with E-state index >= 15 is 0 Å². The molecule has 3 heterocycles. The van der Waals surface area contributed by atoms with Crippen LogP contribution < -0.4 is 0 Å². The number of furan rings is 1. The van der Waals surface area contributed by atoms with Crippen molar-refractivity contribution in [3.8, 4) is 0 Å². The van der Waals surface area contributed by atoms with Crippen LogP contribution in [0.3, 0.4) is 0 Å². The van der Waals surface area contributed by atoms with E-state index in [1.54, 1.807) is 0 Å². The van der Waals surface area contributed by atoms with E-state index in [4.69, 9.17) is 4.42 Å². The van der Waals surface area contributed by atoms with E-state index in [-0.39, 0.29) is 11.9 Å². The van der Waals surface area contributed by atoms with Gasteiger partial charge in [-0.05, 0) is 50.9 Å². The molecule has 1 amide bonds. The van der Waals surface area contributed by atoms with Gasteiger partial charge in [0, 0.05) is 33.3 Å². The minimum atomic E-state index is -0.0372. The number of likely N-dealkylation sites (tertiary alicyclic amines) is 1.